The summed E-state index contributed by atoms with van der Waals surface area (Å²) in [6.45, 7) is 4.47. The van der Waals surface area contributed by atoms with Gasteiger partial charge in [0.2, 0.25) is 5.88 Å². The molecule has 0 bridgehead atoms. The summed E-state index contributed by atoms with van der Waals surface area (Å²) in [6, 6.07) is 0.852. The Labute approximate surface area is 178 Å². The molecule has 3 heterocycles. The van der Waals surface area contributed by atoms with Crippen LogP contribution in [-0.2, 0) is 13.0 Å². The Bertz CT molecular complexity index is 1170. The second-order valence-corrected chi connectivity index (χ2v) is 7.34. The van der Waals surface area contributed by atoms with Crippen molar-refractivity contribution in [2.75, 3.05) is 0 Å². The summed E-state index contributed by atoms with van der Waals surface area (Å²) in [5.41, 5.74) is -0.747. The summed E-state index contributed by atoms with van der Waals surface area (Å²) in [5.74, 6) is -0.0760. The van der Waals surface area contributed by atoms with Crippen molar-refractivity contribution in [3.8, 4) is 23.4 Å². The normalized spacial score (nSPS) is 11.2. The zero-order chi connectivity index (χ0) is 22.4. The molecule has 0 radical (unpaired) electrons. The van der Waals surface area contributed by atoms with Crippen LogP contribution in [-0.4, -0.2) is 34.7 Å². The van der Waals surface area contributed by atoms with Gasteiger partial charge in [-0.3, -0.25) is 14.3 Å². The molecule has 10 heteroatoms. The summed E-state index contributed by atoms with van der Waals surface area (Å²) < 4.78 is 7.14. The van der Waals surface area contributed by atoms with E-state index in [1.807, 2.05) is 6.92 Å². The first-order chi connectivity index (χ1) is 14.9. The topological polar surface area (TPSA) is 143 Å². The monoisotopic (exact) mass is 429 g/mol. The minimum Gasteiger partial charge on any atom is -0.507 e. The fraction of sp³-hybridized carbons (Fsp3) is 0.476. The van der Waals surface area contributed by atoms with Gasteiger partial charge in [0, 0.05) is 12.6 Å². The average molecular weight is 429 g/mol. The van der Waals surface area contributed by atoms with E-state index in [9.17, 15) is 19.8 Å². The van der Waals surface area contributed by atoms with Crippen LogP contribution < -0.4 is 16.0 Å². The van der Waals surface area contributed by atoms with Crippen LogP contribution in [0, 0.1) is 0 Å². The number of aromatic nitrogens is 5. The van der Waals surface area contributed by atoms with Crippen LogP contribution in [0.1, 0.15) is 58.1 Å². The van der Waals surface area contributed by atoms with E-state index in [1.165, 1.54) is 16.8 Å². The van der Waals surface area contributed by atoms with Gasteiger partial charge in [0.1, 0.15) is 11.1 Å². The van der Waals surface area contributed by atoms with E-state index in [0.29, 0.717) is 18.7 Å². The Morgan fingerprint density at radius 1 is 1.06 bits per heavy atom. The minimum absolute atomic E-state index is 0.00901. The van der Waals surface area contributed by atoms with Crippen molar-refractivity contribution in [2.24, 2.45) is 0 Å². The highest BCUT2D eigenvalue weighted by Crippen LogP contribution is 2.29. The Balaban J connectivity index is 2.03. The Morgan fingerprint density at radius 3 is 2.55 bits per heavy atom. The summed E-state index contributed by atoms with van der Waals surface area (Å²) in [6.07, 6.45) is 7.36. The Hall–Kier alpha value is -3.43. The molecule has 3 rings (SSSR count). The van der Waals surface area contributed by atoms with E-state index in [4.69, 9.17) is 4.74 Å². The van der Waals surface area contributed by atoms with Crippen molar-refractivity contribution in [2.45, 2.75) is 65.3 Å². The number of hydrogen-bond donors (Lipinski definition) is 3. The maximum absolute atomic E-state index is 12.4. The van der Waals surface area contributed by atoms with Gasteiger partial charge >= 0.3 is 11.7 Å². The fourth-order valence-electron chi connectivity index (χ4n) is 3.33. The summed E-state index contributed by atoms with van der Waals surface area (Å²) in [7, 11) is 0. The molecule has 166 valence electrons. The largest absolute Gasteiger partial charge is 0.507 e. The molecule has 31 heavy (non-hydrogen) atoms. The number of H-pyrrole nitrogens is 1. The van der Waals surface area contributed by atoms with Gasteiger partial charge in [-0.2, -0.15) is 15.0 Å². The number of fused-ring (bicyclic) bond motifs is 1. The first kappa shape index (κ1) is 22.3. The van der Waals surface area contributed by atoms with Crippen molar-refractivity contribution in [3.63, 3.8) is 0 Å². The standard InChI is InChI=1S/C21H27N5O5/c1-3-5-7-9-13-15(12-22-20(29)23-13)31-16-11-14(27)17-18(24-16)26(10-8-6-4-2)21(30)25-19(17)28/h11-12H,3-10H2,1-2H3,(H,24,27)(H,22,23,29)(H,25,28,30). The molecule has 3 N–H and O–H groups in total. The van der Waals surface area contributed by atoms with E-state index >= 15 is 0 Å². The number of aryl methyl sites for hydroxylation is 2. The van der Waals surface area contributed by atoms with Crippen LogP contribution >= 0.6 is 0 Å². The second-order valence-electron chi connectivity index (χ2n) is 7.34. The molecule has 0 amide bonds. The van der Waals surface area contributed by atoms with Crippen LogP contribution in [0.25, 0.3) is 11.0 Å². The number of pyridine rings is 1. The van der Waals surface area contributed by atoms with Crippen molar-refractivity contribution in [1.29, 1.82) is 0 Å². The third kappa shape index (κ3) is 5.19. The van der Waals surface area contributed by atoms with Crippen LogP contribution in [0.4, 0.5) is 0 Å². The van der Waals surface area contributed by atoms with Crippen molar-refractivity contribution in [1.82, 2.24) is 24.5 Å². The lowest BCUT2D eigenvalue weighted by Crippen LogP contribution is -2.31. The highest BCUT2D eigenvalue weighted by atomic mass is 16.5. The third-order valence-electron chi connectivity index (χ3n) is 4.94. The molecule has 10 nitrogen and oxygen atoms in total. The predicted octanol–water partition coefficient (Wildman–Crippen LogP) is 3.00. The van der Waals surface area contributed by atoms with Crippen LogP contribution in [0.2, 0.25) is 0 Å². The maximum atomic E-state index is 12.4. The highest BCUT2D eigenvalue weighted by molar-refractivity contribution is 5.81. The molecule has 0 spiro atoms. The number of aromatic amines is 1. The number of aromatic hydroxyl groups is 2. The maximum Gasteiger partial charge on any atom is 0.330 e. The zero-order valence-electron chi connectivity index (χ0n) is 17.7. The number of hydrogen-bond acceptors (Lipinski definition) is 8. The number of ether oxygens (including phenoxy) is 1. The predicted molar refractivity (Wildman–Crippen MR) is 115 cm³/mol. The summed E-state index contributed by atoms with van der Waals surface area (Å²) in [5, 5.41) is 20.0. The lowest BCUT2D eigenvalue weighted by Gasteiger charge is -2.13. The minimum atomic E-state index is -0.712. The highest BCUT2D eigenvalue weighted by Gasteiger charge is 2.17. The zero-order valence-corrected chi connectivity index (χ0v) is 17.7. The van der Waals surface area contributed by atoms with Gasteiger partial charge < -0.3 is 14.9 Å². The molecule has 0 aliphatic heterocycles. The molecule has 3 aromatic rings. The van der Waals surface area contributed by atoms with Gasteiger partial charge in [-0.15, -0.1) is 0 Å². The molecular weight excluding hydrogens is 402 g/mol. The number of nitrogens with one attached hydrogen (secondary N) is 1. The lowest BCUT2D eigenvalue weighted by atomic mass is 10.1. The van der Waals surface area contributed by atoms with E-state index in [-0.39, 0.29) is 34.4 Å². The smallest absolute Gasteiger partial charge is 0.330 e. The van der Waals surface area contributed by atoms with Gasteiger partial charge in [-0.25, -0.2) is 4.79 Å². The first-order valence-corrected chi connectivity index (χ1v) is 10.5. The van der Waals surface area contributed by atoms with Gasteiger partial charge in [0.05, 0.1) is 11.9 Å². The van der Waals surface area contributed by atoms with E-state index in [2.05, 4.69) is 26.9 Å². The molecule has 0 unspecified atom stereocenters. The van der Waals surface area contributed by atoms with Crippen molar-refractivity contribution >= 4 is 11.0 Å². The van der Waals surface area contributed by atoms with Crippen molar-refractivity contribution in [3.05, 3.63) is 38.8 Å². The first-order valence-electron chi connectivity index (χ1n) is 10.5. The molecule has 3 aromatic heterocycles. The van der Waals surface area contributed by atoms with Crippen LogP contribution in [0.5, 0.6) is 23.4 Å². The van der Waals surface area contributed by atoms with Crippen LogP contribution in [0.3, 0.4) is 0 Å². The molecule has 0 saturated carbocycles. The second kappa shape index (κ2) is 10.1. The van der Waals surface area contributed by atoms with Gasteiger partial charge in [-0.05, 0) is 19.3 Å². The number of nitrogens with zero attached hydrogens (tertiary/aromatic N) is 4. The van der Waals surface area contributed by atoms with E-state index < -0.39 is 11.2 Å². The number of unbranched alkanes of at least 4 members (excludes halogenated alkanes) is 4. The lowest BCUT2D eigenvalue weighted by molar-refractivity contribution is 0.406. The molecule has 0 aliphatic rings. The summed E-state index contributed by atoms with van der Waals surface area (Å²) in [4.78, 5) is 39.0. The van der Waals surface area contributed by atoms with Gasteiger partial charge in [-0.1, -0.05) is 39.5 Å². The third-order valence-corrected chi connectivity index (χ3v) is 4.94. The Morgan fingerprint density at radius 2 is 1.81 bits per heavy atom. The van der Waals surface area contributed by atoms with E-state index in [0.717, 1.165) is 38.5 Å². The molecular formula is C21H27N5O5. The van der Waals surface area contributed by atoms with Gasteiger partial charge in [0.15, 0.2) is 11.4 Å². The summed E-state index contributed by atoms with van der Waals surface area (Å²) >= 11 is 0. The Kier molecular flexibility index (Phi) is 7.22. The van der Waals surface area contributed by atoms with E-state index in [1.54, 1.807) is 0 Å². The quantitative estimate of drug-likeness (QED) is 0.417. The van der Waals surface area contributed by atoms with Crippen LogP contribution in [0.15, 0.2) is 21.9 Å². The number of rotatable bonds is 10. The SMILES string of the molecule is CCCCCc1nc(O)ncc1Oc1cc(O)c2c(=O)[nH]c(=O)n(CCCCC)c2n1. The molecule has 0 fully saturated rings. The van der Waals surface area contributed by atoms with Crippen molar-refractivity contribution < 1.29 is 14.9 Å². The average Bonchev–Trinajstić information content (AvgIpc) is 2.72. The molecule has 0 aromatic carbocycles. The van der Waals surface area contributed by atoms with Gasteiger partial charge in [0.25, 0.3) is 5.56 Å². The molecule has 0 atom stereocenters. The molecule has 0 aliphatic carbocycles. The molecule has 0 saturated heterocycles. The fourth-order valence-corrected chi connectivity index (χ4v) is 3.33.